The van der Waals surface area contributed by atoms with Crippen LogP contribution in [-0.2, 0) is 13.0 Å². The van der Waals surface area contributed by atoms with Gasteiger partial charge >= 0.3 is 5.97 Å². The van der Waals surface area contributed by atoms with Crippen LogP contribution in [0.1, 0.15) is 54.0 Å². The number of nitrogens with zero attached hydrogens (tertiary/aromatic N) is 5. The smallest absolute Gasteiger partial charge is 0.358 e. The van der Waals surface area contributed by atoms with E-state index in [-0.39, 0.29) is 5.69 Å². The molecule has 26 heavy (non-hydrogen) atoms. The molecule has 2 atom stereocenters. The number of nitrogens with one attached hydrogen (secondary N) is 1. The highest BCUT2D eigenvalue weighted by Gasteiger charge is 2.37. The van der Waals surface area contributed by atoms with Gasteiger partial charge in [0.05, 0.1) is 11.9 Å². The van der Waals surface area contributed by atoms with Crippen LogP contribution in [0.4, 0.5) is 0 Å². The van der Waals surface area contributed by atoms with Crippen LogP contribution in [0.15, 0.2) is 12.3 Å². The van der Waals surface area contributed by atoms with E-state index in [1.807, 2.05) is 0 Å². The summed E-state index contributed by atoms with van der Waals surface area (Å²) in [5.74, 6) is 0.334. The number of unbranched alkanes of at least 4 members (excludes halogenated alkanes) is 1. The second-order valence-corrected chi connectivity index (χ2v) is 7.98. The fourth-order valence-electron chi connectivity index (χ4n) is 3.21. The standard InChI is InChI=1S/C17H19IN6O2/c1-9-6-11(9)15-14(18)12-7-10(20-22-16(12)19-15)4-2-3-5-24-8-13(17(25)26)21-23-24/h7-9,11H,2-6H2,1H3,(H,19,22)(H,25,26). The van der Waals surface area contributed by atoms with Crippen molar-refractivity contribution in [3.63, 3.8) is 0 Å². The van der Waals surface area contributed by atoms with Crippen molar-refractivity contribution in [1.29, 1.82) is 0 Å². The van der Waals surface area contributed by atoms with E-state index in [1.54, 1.807) is 4.68 Å². The summed E-state index contributed by atoms with van der Waals surface area (Å²) in [6, 6.07) is 2.13. The molecule has 1 aliphatic rings. The van der Waals surface area contributed by atoms with Crippen molar-refractivity contribution in [2.75, 3.05) is 0 Å². The minimum absolute atomic E-state index is 0.0239. The van der Waals surface area contributed by atoms with Crippen LogP contribution in [0, 0.1) is 9.49 Å². The van der Waals surface area contributed by atoms with Gasteiger partial charge in [0.15, 0.2) is 11.3 Å². The fraction of sp³-hybridized carbons (Fsp3) is 0.471. The van der Waals surface area contributed by atoms with Gasteiger partial charge in [-0.25, -0.2) is 4.79 Å². The first-order valence-electron chi connectivity index (χ1n) is 8.70. The number of H-pyrrole nitrogens is 1. The summed E-state index contributed by atoms with van der Waals surface area (Å²) in [5.41, 5.74) is 3.13. The van der Waals surface area contributed by atoms with Crippen molar-refractivity contribution >= 4 is 39.6 Å². The molecule has 1 aliphatic carbocycles. The van der Waals surface area contributed by atoms with Gasteiger partial charge in [-0.15, -0.1) is 10.2 Å². The summed E-state index contributed by atoms with van der Waals surface area (Å²) >= 11 is 2.41. The zero-order valence-electron chi connectivity index (χ0n) is 14.3. The molecule has 3 heterocycles. The molecule has 0 saturated heterocycles. The van der Waals surface area contributed by atoms with Crippen molar-refractivity contribution < 1.29 is 9.90 Å². The van der Waals surface area contributed by atoms with E-state index in [4.69, 9.17) is 5.11 Å². The Balaban J connectivity index is 1.36. The molecule has 0 radical (unpaired) electrons. The predicted molar refractivity (Wildman–Crippen MR) is 103 cm³/mol. The summed E-state index contributed by atoms with van der Waals surface area (Å²) in [4.78, 5) is 14.2. The number of carboxylic acid groups (broad SMARTS) is 1. The number of aryl methyl sites for hydroxylation is 2. The molecule has 0 aromatic carbocycles. The number of hydrogen-bond acceptors (Lipinski definition) is 5. The lowest BCUT2D eigenvalue weighted by Crippen LogP contribution is -2.01. The Morgan fingerprint density at radius 1 is 1.38 bits per heavy atom. The average molecular weight is 466 g/mol. The maximum atomic E-state index is 10.8. The molecule has 3 aromatic rings. The van der Waals surface area contributed by atoms with Gasteiger partial charge in [0, 0.05) is 27.1 Å². The van der Waals surface area contributed by atoms with Gasteiger partial charge < -0.3 is 10.1 Å². The van der Waals surface area contributed by atoms with Gasteiger partial charge in [-0.2, -0.15) is 5.10 Å². The molecule has 2 unspecified atom stereocenters. The third-order valence-corrected chi connectivity index (χ3v) is 6.04. The molecule has 2 N–H and O–H groups in total. The van der Waals surface area contributed by atoms with Crippen molar-refractivity contribution in [2.24, 2.45) is 5.92 Å². The van der Waals surface area contributed by atoms with Crippen LogP contribution in [0.3, 0.4) is 0 Å². The predicted octanol–water partition coefficient (Wildman–Crippen LogP) is 3.00. The average Bonchev–Trinajstić information content (AvgIpc) is 3.04. The second-order valence-electron chi connectivity index (χ2n) is 6.90. The Hall–Kier alpha value is -2.04. The Morgan fingerprint density at radius 3 is 2.88 bits per heavy atom. The second kappa shape index (κ2) is 6.93. The maximum absolute atomic E-state index is 10.8. The first-order chi connectivity index (χ1) is 12.5. The van der Waals surface area contributed by atoms with Crippen LogP contribution < -0.4 is 0 Å². The topological polar surface area (TPSA) is 110 Å². The first kappa shape index (κ1) is 17.4. The Bertz CT molecular complexity index is 965. The number of carboxylic acids is 1. The molecule has 0 bridgehead atoms. The molecule has 8 nitrogen and oxygen atoms in total. The van der Waals surface area contributed by atoms with Gasteiger partial charge in [0.2, 0.25) is 0 Å². The largest absolute Gasteiger partial charge is 0.476 e. The molecule has 0 spiro atoms. The molecular weight excluding hydrogens is 447 g/mol. The Kier molecular flexibility index (Phi) is 4.63. The number of aromatic amines is 1. The number of fused-ring (bicyclic) bond motifs is 1. The van der Waals surface area contributed by atoms with Crippen LogP contribution in [0.5, 0.6) is 0 Å². The fourth-order valence-corrected chi connectivity index (χ4v) is 4.15. The van der Waals surface area contributed by atoms with Crippen molar-refractivity contribution in [2.45, 2.75) is 45.1 Å². The highest BCUT2D eigenvalue weighted by molar-refractivity contribution is 14.1. The number of carbonyl (C=O) groups is 1. The van der Waals surface area contributed by atoms with E-state index in [2.05, 4.69) is 61.1 Å². The molecule has 0 amide bonds. The van der Waals surface area contributed by atoms with Crippen molar-refractivity contribution in [3.05, 3.63) is 32.9 Å². The minimum Gasteiger partial charge on any atom is -0.476 e. The van der Waals surface area contributed by atoms with E-state index >= 15 is 0 Å². The maximum Gasteiger partial charge on any atom is 0.358 e. The van der Waals surface area contributed by atoms with E-state index in [0.29, 0.717) is 12.5 Å². The molecule has 0 aliphatic heterocycles. The van der Waals surface area contributed by atoms with Gasteiger partial charge in [0.25, 0.3) is 0 Å². The Morgan fingerprint density at radius 2 is 2.19 bits per heavy atom. The summed E-state index contributed by atoms with van der Waals surface area (Å²) in [7, 11) is 0. The van der Waals surface area contributed by atoms with Crippen molar-refractivity contribution in [3.8, 4) is 0 Å². The van der Waals surface area contributed by atoms with Gasteiger partial charge in [-0.3, -0.25) is 4.68 Å². The normalized spacial score (nSPS) is 19.2. The molecule has 4 rings (SSSR count). The number of hydrogen-bond donors (Lipinski definition) is 2. The van der Waals surface area contributed by atoms with E-state index in [9.17, 15) is 4.79 Å². The van der Waals surface area contributed by atoms with Gasteiger partial charge in [-0.1, -0.05) is 12.1 Å². The number of halogens is 1. The zero-order chi connectivity index (χ0) is 18.3. The lowest BCUT2D eigenvalue weighted by Gasteiger charge is -2.01. The summed E-state index contributed by atoms with van der Waals surface area (Å²) in [5, 5.41) is 26.1. The lowest BCUT2D eigenvalue weighted by atomic mass is 10.1. The van der Waals surface area contributed by atoms with E-state index in [1.165, 1.54) is 21.9 Å². The third-order valence-electron chi connectivity index (χ3n) is 4.88. The monoisotopic (exact) mass is 466 g/mol. The summed E-state index contributed by atoms with van der Waals surface area (Å²) < 4.78 is 2.84. The number of aromatic nitrogens is 6. The van der Waals surface area contributed by atoms with Crippen LogP contribution in [0.25, 0.3) is 11.0 Å². The summed E-state index contributed by atoms with van der Waals surface area (Å²) in [6.07, 6.45) is 5.33. The van der Waals surface area contributed by atoms with Crippen LogP contribution in [0.2, 0.25) is 0 Å². The van der Waals surface area contributed by atoms with Crippen LogP contribution >= 0.6 is 22.6 Å². The molecular formula is C17H19IN6O2. The first-order valence-corrected chi connectivity index (χ1v) is 9.78. The van der Waals surface area contributed by atoms with E-state index < -0.39 is 5.97 Å². The number of aromatic carboxylic acids is 1. The highest BCUT2D eigenvalue weighted by Crippen LogP contribution is 2.48. The molecule has 136 valence electrons. The lowest BCUT2D eigenvalue weighted by molar-refractivity contribution is 0.0690. The number of rotatable bonds is 7. The highest BCUT2D eigenvalue weighted by atomic mass is 127. The SMILES string of the molecule is CC1CC1c1[nH]c2nnc(CCCCn3cc(C(=O)O)nn3)cc2c1I. The van der Waals surface area contributed by atoms with E-state index in [0.717, 1.165) is 41.9 Å². The van der Waals surface area contributed by atoms with Crippen LogP contribution in [-0.4, -0.2) is 41.3 Å². The third kappa shape index (κ3) is 3.44. The summed E-state index contributed by atoms with van der Waals surface area (Å²) in [6.45, 7) is 2.92. The zero-order valence-corrected chi connectivity index (χ0v) is 16.5. The Labute approximate surface area is 163 Å². The van der Waals surface area contributed by atoms with Gasteiger partial charge in [-0.05, 0) is 60.3 Å². The minimum atomic E-state index is -1.05. The van der Waals surface area contributed by atoms with Gasteiger partial charge in [0.1, 0.15) is 0 Å². The van der Waals surface area contributed by atoms with Crippen molar-refractivity contribution in [1.82, 2.24) is 30.2 Å². The quantitative estimate of drug-likeness (QED) is 0.409. The molecule has 3 aromatic heterocycles. The molecule has 9 heteroatoms. The molecule has 1 saturated carbocycles. The molecule has 1 fully saturated rings.